The van der Waals surface area contributed by atoms with Crippen molar-refractivity contribution in [1.29, 1.82) is 0 Å². The van der Waals surface area contributed by atoms with E-state index in [0.717, 1.165) is 42.9 Å². The van der Waals surface area contributed by atoms with E-state index in [9.17, 15) is 9.00 Å². The zero-order chi connectivity index (χ0) is 25.3. The number of benzene rings is 1. The van der Waals surface area contributed by atoms with Gasteiger partial charge in [0, 0.05) is 72.9 Å². The number of carbonyl (C=O) groups excluding carboxylic acids is 1. The monoisotopic (exact) mass is 505 g/mol. The third kappa shape index (κ3) is 5.28. The molecule has 1 aliphatic rings. The molecule has 0 radical (unpaired) electrons. The first-order chi connectivity index (χ1) is 17.2. The summed E-state index contributed by atoms with van der Waals surface area (Å²) in [5.74, 6) is 1.45. The van der Waals surface area contributed by atoms with Crippen molar-refractivity contribution >= 4 is 49.8 Å². The number of piperazine rings is 1. The molecular formula is C24H27N9O2S. The second kappa shape index (κ2) is 9.53. The maximum atomic E-state index is 12.1. The number of nitrogens with one attached hydrogen (secondary N) is 1. The van der Waals surface area contributed by atoms with Crippen molar-refractivity contribution < 1.29 is 9.00 Å². The Morgan fingerprint density at radius 3 is 2.44 bits per heavy atom. The van der Waals surface area contributed by atoms with E-state index in [1.165, 1.54) is 0 Å². The van der Waals surface area contributed by atoms with Crippen LogP contribution in [0.5, 0.6) is 0 Å². The summed E-state index contributed by atoms with van der Waals surface area (Å²) in [5.41, 5.74) is 2.55. The van der Waals surface area contributed by atoms with Gasteiger partial charge in [-0.2, -0.15) is 19.1 Å². The minimum Gasteiger partial charge on any atom is -0.368 e. The Bertz CT molecular complexity index is 1520. The fraction of sp³-hybridized carbons (Fsp3) is 0.292. The number of pyridine rings is 1. The normalized spacial score (nSPS) is 14.2. The lowest BCUT2D eigenvalue weighted by Crippen LogP contribution is -2.48. The van der Waals surface area contributed by atoms with E-state index in [-0.39, 0.29) is 5.91 Å². The molecule has 11 nitrogen and oxygen atoms in total. The van der Waals surface area contributed by atoms with Crippen LogP contribution in [0.1, 0.15) is 6.92 Å². The molecule has 36 heavy (non-hydrogen) atoms. The van der Waals surface area contributed by atoms with Gasteiger partial charge in [0.05, 0.1) is 11.6 Å². The molecular weight excluding hydrogens is 478 g/mol. The lowest BCUT2D eigenvalue weighted by molar-refractivity contribution is -0.129. The van der Waals surface area contributed by atoms with Gasteiger partial charge in [0.2, 0.25) is 11.9 Å². The first-order valence-corrected chi connectivity index (χ1v) is 13.8. The van der Waals surface area contributed by atoms with Crippen LogP contribution >= 0.6 is 0 Å². The average molecular weight is 506 g/mol. The largest absolute Gasteiger partial charge is 0.368 e. The number of hydrogen-bond acceptors (Lipinski definition) is 9. The maximum Gasteiger partial charge on any atom is 0.229 e. The number of carbonyl (C=O) groups is 1. The molecule has 1 saturated heterocycles. The molecule has 12 heteroatoms. The first kappa shape index (κ1) is 23.7. The molecule has 1 aliphatic heterocycles. The van der Waals surface area contributed by atoms with Crippen molar-refractivity contribution in [2.75, 3.05) is 48.9 Å². The van der Waals surface area contributed by atoms with Crippen LogP contribution in [0.2, 0.25) is 0 Å². The smallest absolute Gasteiger partial charge is 0.229 e. The second-order valence-electron chi connectivity index (χ2n) is 8.82. The van der Waals surface area contributed by atoms with E-state index >= 15 is 0 Å². The number of aromatic nitrogens is 5. The molecule has 0 spiro atoms. The number of nitrogens with zero attached hydrogens (tertiary/aromatic N) is 8. The highest BCUT2D eigenvalue weighted by atomic mass is 32.2. The molecule has 0 bridgehead atoms. The number of rotatable bonds is 5. The van der Waals surface area contributed by atoms with Crippen LogP contribution < -0.4 is 10.2 Å². The Balaban J connectivity index is 1.34. The first-order valence-electron chi connectivity index (χ1n) is 11.5. The summed E-state index contributed by atoms with van der Waals surface area (Å²) in [6.45, 7) is 4.71. The number of fused-ring (bicyclic) bond motifs is 1. The third-order valence-electron chi connectivity index (χ3n) is 5.77. The van der Waals surface area contributed by atoms with E-state index in [2.05, 4.69) is 34.6 Å². The third-order valence-corrected chi connectivity index (χ3v) is 6.40. The van der Waals surface area contributed by atoms with Gasteiger partial charge < -0.3 is 15.1 Å². The van der Waals surface area contributed by atoms with Gasteiger partial charge in [-0.05, 0) is 36.4 Å². The highest BCUT2D eigenvalue weighted by molar-refractivity contribution is 7.92. The summed E-state index contributed by atoms with van der Waals surface area (Å²) >= 11 is 0. The SMILES string of the molecule is CC(=O)N1CCN(c2ccc(Nc3ncc4cnn(-c5cccc(N=S(C)(C)=O)n5)c4n3)cc2)CC1. The van der Waals surface area contributed by atoms with Crippen LogP contribution in [-0.2, 0) is 14.5 Å². The van der Waals surface area contributed by atoms with Crippen LogP contribution in [0.25, 0.3) is 16.9 Å². The van der Waals surface area contributed by atoms with Crippen molar-refractivity contribution in [3.05, 3.63) is 54.9 Å². The van der Waals surface area contributed by atoms with Gasteiger partial charge in [-0.15, -0.1) is 0 Å². The average Bonchev–Trinajstić information content (AvgIpc) is 3.27. The second-order valence-corrected chi connectivity index (χ2v) is 11.4. The summed E-state index contributed by atoms with van der Waals surface area (Å²) < 4.78 is 17.8. The predicted octanol–water partition coefficient (Wildman–Crippen LogP) is 2.98. The minimum absolute atomic E-state index is 0.124. The fourth-order valence-corrected chi connectivity index (χ4v) is 4.57. The minimum atomic E-state index is -2.33. The molecule has 5 rings (SSSR count). The molecule has 186 valence electrons. The van der Waals surface area contributed by atoms with E-state index < -0.39 is 9.73 Å². The van der Waals surface area contributed by atoms with E-state index in [4.69, 9.17) is 0 Å². The Kier molecular flexibility index (Phi) is 6.27. The van der Waals surface area contributed by atoms with Gasteiger partial charge in [0.15, 0.2) is 17.3 Å². The Morgan fingerprint density at radius 1 is 1.00 bits per heavy atom. The molecule has 0 aliphatic carbocycles. The van der Waals surface area contributed by atoms with Gasteiger partial charge in [-0.3, -0.25) is 4.79 Å². The summed E-state index contributed by atoms with van der Waals surface area (Å²) in [7, 11) is -2.33. The van der Waals surface area contributed by atoms with Crippen LogP contribution in [0.4, 0.5) is 23.1 Å². The Labute approximate surface area is 209 Å². The van der Waals surface area contributed by atoms with Gasteiger partial charge in [0.25, 0.3) is 0 Å². The van der Waals surface area contributed by atoms with E-state index in [0.29, 0.717) is 23.2 Å². The van der Waals surface area contributed by atoms with Crippen molar-refractivity contribution in [2.45, 2.75) is 6.92 Å². The highest BCUT2D eigenvalue weighted by Crippen LogP contribution is 2.23. The fourth-order valence-electron chi connectivity index (χ4n) is 4.02. The zero-order valence-electron chi connectivity index (χ0n) is 20.3. The molecule has 1 N–H and O–H groups in total. The molecule has 1 fully saturated rings. The van der Waals surface area contributed by atoms with Gasteiger partial charge in [0.1, 0.15) is 0 Å². The highest BCUT2D eigenvalue weighted by Gasteiger charge is 2.18. The molecule has 1 amide bonds. The standard InChI is InChI=1S/C24H27N9O2S/c1-17(34)31-11-13-32(14-12-31)20-9-7-19(8-10-20)27-24-25-15-18-16-26-33(23(18)29-24)22-6-4-5-21(28-22)30-36(2,3)35/h4-10,15-16H,11-14H2,1-3H3,(H,25,27,29). The number of anilines is 3. The molecule has 0 unspecified atom stereocenters. The van der Waals surface area contributed by atoms with Crippen LogP contribution in [-0.4, -0.2) is 78.4 Å². The predicted molar refractivity (Wildman–Crippen MR) is 141 cm³/mol. The molecule has 0 atom stereocenters. The Morgan fingerprint density at radius 2 is 1.75 bits per heavy atom. The molecule has 3 aromatic heterocycles. The van der Waals surface area contributed by atoms with Gasteiger partial charge >= 0.3 is 0 Å². The summed E-state index contributed by atoms with van der Waals surface area (Å²) in [4.78, 5) is 29.2. The van der Waals surface area contributed by atoms with Gasteiger partial charge in [-0.25, -0.2) is 14.2 Å². The summed E-state index contributed by atoms with van der Waals surface area (Å²) in [5, 5.41) is 8.42. The lowest BCUT2D eigenvalue weighted by atomic mass is 10.2. The molecule has 4 heterocycles. The molecule has 4 aromatic rings. The van der Waals surface area contributed by atoms with Crippen molar-refractivity contribution in [3.8, 4) is 5.82 Å². The number of hydrogen-bond donors (Lipinski definition) is 1. The van der Waals surface area contributed by atoms with Crippen molar-refractivity contribution in [3.63, 3.8) is 0 Å². The van der Waals surface area contributed by atoms with E-state index in [1.54, 1.807) is 54.7 Å². The lowest BCUT2D eigenvalue weighted by Gasteiger charge is -2.35. The zero-order valence-corrected chi connectivity index (χ0v) is 21.1. The molecule has 0 saturated carbocycles. The van der Waals surface area contributed by atoms with Gasteiger partial charge in [-0.1, -0.05) is 6.07 Å². The summed E-state index contributed by atoms with van der Waals surface area (Å²) in [6, 6.07) is 13.4. The van der Waals surface area contributed by atoms with Crippen LogP contribution in [0.15, 0.2) is 59.2 Å². The van der Waals surface area contributed by atoms with Crippen LogP contribution in [0.3, 0.4) is 0 Å². The Hall–Kier alpha value is -4.06. The maximum absolute atomic E-state index is 12.1. The van der Waals surface area contributed by atoms with Crippen molar-refractivity contribution in [1.82, 2.24) is 29.6 Å². The van der Waals surface area contributed by atoms with E-state index in [1.807, 2.05) is 29.2 Å². The number of amides is 1. The quantitative estimate of drug-likeness (QED) is 0.439. The summed E-state index contributed by atoms with van der Waals surface area (Å²) in [6.07, 6.45) is 6.51. The topological polar surface area (TPSA) is 122 Å². The van der Waals surface area contributed by atoms with Crippen molar-refractivity contribution in [2.24, 2.45) is 4.36 Å². The van der Waals surface area contributed by atoms with Crippen LogP contribution in [0, 0.1) is 0 Å². The molecule has 1 aromatic carbocycles.